The molecule has 0 aliphatic carbocycles. The highest BCUT2D eigenvalue weighted by atomic mass is 35.5. The molecule has 1 aliphatic heterocycles. The molecule has 1 aromatic carbocycles. The molecule has 5 nitrogen and oxygen atoms in total. The van der Waals surface area contributed by atoms with Crippen molar-refractivity contribution in [3.8, 4) is 5.75 Å². The van der Waals surface area contributed by atoms with Gasteiger partial charge in [0.15, 0.2) is 0 Å². The fourth-order valence-electron chi connectivity index (χ4n) is 1.09. The highest BCUT2D eigenvalue weighted by Gasteiger charge is 2.33. The first-order valence-corrected chi connectivity index (χ1v) is 4.56. The molecule has 1 unspecified atom stereocenters. The third kappa shape index (κ3) is 2.31. The van der Waals surface area contributed by atoms with Gasteiger partial charge >= 0.3 is 12.6 Å². The minimum Gasteiger partial charge on any atom is -0.439 e. The van der Waals surface area contributed by atoms with Crippen LogP contribution in [0.3, 0.4) is 0 Å². The molecule has 2 rings (SSSR count). The Morgan fingerprint density at radius 1 is 1.53 bits per heavy atom. The normalized spacial score (nSPS) is 20.9. The van der Waals surface area contributed by atoms with Crippen molar-refractivity contribution in [2.24, 2.45) is 0 Å². The van der Waals surface area contributed by atoms with Gasteiger partial charge in [-0.3, -0.25) is 0 Å². The number of hydrogen-bond donors (Lipinski definition) is 0. The monoisotopic (exact) mass is 229 g/mol. The van der Waals surface area contributed by atoms with Gasteiger partial charge in [-0.05, 0) is 18.2 Å². The number of hydroxylamine groups is 2. The molecule has 0 saturated carbocycles. The van der Waals surface area contributed by atoms with Crippen LogP contribution in [-0.2, 0) is 9.57 Å². The Kier molecular flexibility index (Phi) is 2.66. The second-order valence-electron chi connectivity index (χ2n) is 2.89. The lowest BCUT2D eigenvalue weighted by molar-refractivity contribution is -0.166. The van der Waals surface area contributed by atoms with E-state index in [4.69, 9.17) is 21.1 Å². The third-order valence-electron chi connectivity index (χ3n) is 1.75. The van der Waals surface area contributed by atoms with Crippen LogP contribution in [-0.4, -0.2) is 24.7 Å². The van der Waals surface area contributed by atoms with Crippen LogP contribution in [0.1, 0.15) is 0 Å². The summed E-state index contributed by atoms with van der Waals surface area (Å²) in [5, 5.41) is 1.71. The van der Waals surface area contributed by atoms with Gasteiger partial charge < -0.3 is 14.3 Å². The van der Waals surface area contributed by atoms with Crippen LogP contribution in [0.2, 0.25) is 5.02 Å². The van der Waals surface area contributed by atoms with E-state index in [2.05, 4.69) is 4.84 Å². The number of carbonyl (C=O) groups is 1. The maximum atomic E-state index is 10.7. The van der Waals surface area contributed by atoms with E-state index in [0.29, 0.717) is 10.8 Å². The lowest BCUT2D eigenvalue weighted by Crippen LogP contribution is -2.30. The zero-order valence-corrected chi connectivity index (χ0v) is 8.60. The zero-order chi connectivity index (χ0) is 10.8. The van der Waals surface area contributed by atoms with Crippen molar-refractivity contribution in [3.63, 3.8) is 0 Å². The minimum atomic E-state index is -0.879. The summed E-state index contributed by atoms with van der Waals surface area (Å²) in [6, 6.07) is 6.76. The van der Waals surface area contributed by atoms with E-state index in [9.17, 15) is 4.79 Å². The Labute approximate surface area is 91.0 Å². The molecular formula is C9H8ClNO4. The average molecular weight is 230 g/mol. The lowest BCUT2D eigenvalue weighted by Gasteiger charge is -2.14. The molecule has 6 heteroatoms. The standard InChI is InChI=1S/C9H8ClNO4/c1-11-8(14-9(12)15-11)13-7-4-2-3-6(10)5-7/h2-5,8H,1H3. The summed E-state index contributed by atoms with van der Waals surface area (Å²) in [6.45, 7) is 0. The van der Waals surface area contributed by atoms with Crippen molar-refractivity contribution in [2.75, 3.05) is 7.05 Å². The first-order valence-electron chi connectivity index (χ1n) is 4.19. The second-order valence-corrected chi connectivity index (χ2v) is 3.32. The zero-order valence-electron chi connectivity index (χ0n) is 7.84. The number of halogens is 1. The highest BCUT2D eigenvalue weighted by Crippen LogP contribution is 2.21. The number of benzene rings is 1. The molecule has 1 atom stereocenters. The molecule has 0 aromatic heterocycles. The second kappa shape index (κ2) is 3.96. The van der Waals surface area contributed by atoms with Gasteiger partial charge in [0.25, 0.3) is 0 Å². The maximum absolute atomic E-state index is 10.7. The number of carbonyl (C=O) groups excluding carboxylic acids is 1. The minimum absolute atomic E-state index is 0.498. The summed E-state index contributed by atoms with van der Waals surface area (Å²) >= 11 is 5.76. The number of ether oxygens (including phenoxy) is 2. The van der Waals surface area contributed by atoms with Crippen LogP contribution >= 0.6 is 11.6 Å². The first-order chi connectivity index (χ1) is 7.15. The number of rotatable bonds is 2. The molecule has 1 aliphatic rings. The van der Waals surface area contributed by atoms with Crippen LogP contribution in [0.5, 0.6) is 5.75 Å². The highest BCUT2D eigenvalue weighted by molar-refractivity contribution is 6.30. The number of nitrogens with zero attached hydrogens (tertiary/aromatic N) is 1. The van der Waals surface area contributed by atoms with Gasteiger partial charge in [-0.2, -0.15) is 0 Å². The topological polar surface area (TPSA) is 48.0 Å². The van der Waals surface area contributed by atoms with Crippen molar-refractivity contribution in [3.05, 3.63) is 29.3 Å². The van der Waals surface area contributed by atoms with Crippen LogP contribution in [0.15, 0.2) is 24.3 Å². The predicted molar refractivity (Wildman–Crippen MR) is 51.2 cm³/mol. The summed E-state index contributed by atoms with van der Waals surface area (Å²) in [5.74, 6) is 0.498. The lowest BCUT2D eigenvalue weighted by atomic mass is 10.3. The first kappa shape index (κ1) is 10.1. The molecule has 1 heterocycles. The van der Waals surface area contributed by atoms with Crippen LogP contribution < -0.4 is 4.74 Å². The van der Waals surface area contributed by atoms with Crippen molar-refractivity contribution >= 4 is 17.8 Å². The fraction of sp³-hybridized carbons (Fsp3) is 0.222. The Hall–Kier alpha value is -1.46. The summed E-state index contributed by atoms with van der Waals surface area (Å²) in [7, 11) is 1.53. The molecule has 80 valence electrons. The average Bonchev–Trinajstić information content (AvgIpc) is 2.45. The third-order valence-corrected chi connectivity index (χ3v) is 1.98. The SMILES string of the molecule is CN1OC(=O)OC1Oc1cccc(Cl)c1. The molecule has 0 spiro atoms. The summed E-state index contributed by atoms with van der Waals surface area (Å²) in [6.07, 6.45) is -1.67. The van der Waals surface area contributed by atoms with E-state index < -0.39 is 12.6 Å². The Balaban J connectivity index is 2.06. The summed E-state index contributed by atoms with van der Waals surface area (Å²) in [4.78, 5) is 15.3. The molecule has 1 saturated heterocycles. The van der Waals surface area contributed by atoms with Crippen LogP contribution in [0.4, 0.5) is 4.79 Å². The van der Waals surface area contributed by atoms with Crippen molar-refractivity contribution < 1.29 is 19.1 Å². The van der Waals surface area contributed by atoms with Crippen LogP contribution in [0.25, 0.3) is 0 Å². The predicted octanol–water partition coefficient (Wildman–Crippen LogP) is 2.02. The molecule has 1 aromatic rings. The van der Waals surface area contributed by atoms with Gasteiger partial charge in [-0.1, -0.05) is 22.7 Å². The molecule has 15 heavy (non-hydrogen) atoms. The molecule has 0 bridgehead atoms. The van der Waals surface area contributed by atoms with E-state index in [-0.39, 0.29) is 0 Å². The summed E-state index contributed by atoms with van der Waals surface area (Å²) < 4.78 is 10.0. The molecule has 0 N–H and O–H groups in total. The Bertz CT molecular complexity index is 384. The van der Waals surface area contributed by atoms with E-state index in [1.807, 2.05) is 0 Å². The molecule has 0 amide bonds. The number of cyclic esters (lactones) is 1. The summed E-state index contributed by atoms with van der Waals surface area (Å²) in [5.41, 5.74) is 0. The van der Waals surface area contributed by atoms with E-state index in [1.165, 1.54) is 12.1 Å². The van der Waals surface area contributed by atoms with Gasteiger partial charge in [0.2, 0.25) is 0 Å². The maximum Gasteiger partial charge on any atom is 0.532 e. The van der Waals surface area contributed by atoms with Crippen molar-refractivity contribution in [2.45, 2.75) is 6.41 Å². The van der Waals surface area contributed by atoms with Gasteiger partial charge in [-0.25, -0.2) is 4.79 Å². The Morgan fingerprint density at radius 2 is 2.33 bits per heavy atom. The van der Waals surface area contributed by atoms with E-state index in [0.717, 1.165) is 0 Å². The van der Waals surface area contributed by atoms with Gasteiger partial charge in [-0.15, -0.1) is 0 Å². The fourth-order valence-corrected chi connectivity index (χ4v) is 1.27. The van der Waals surface area contributed by atoms with Gasteiger partial charge in [0.05, 0.1) is 0 Å². The number of hydrogen-bond acceptors (Lipinski definition) is 5. The van der Waals surface area contributed by atoms with Crippen molar-refractivity contribution in [1.29, 1.82) is 0 Å². The quantitative estimate of drug-likeness (QED) is 0.726. The Morgan fingerprint density at radius 3 is 2.93 bits per heavy atom. The van der Waals surface area contributed by atoms with E-state index in [1.54, 1.807) is 24.3 Å². The molecule has 1 fully saturated rings. The smallest absolute Gasteiger partial charge is 0.439 e. The molecule has 0 radical (unpaired) electrons. The van der Waals surface area contributed by atoms with Gasteiger partial charge in [0, 0.05) is 12.1 Å². The largest absolute Gasteiger partial charge is 0.532 e. The van der Waals surface area contributed by atoms with Crippen molar-refractivity contribution in [1.82, 2.24) is 5.06 Å². The van der Waals surface area contributed by atoms with Gasteiger partial charge in [0.1, 0.15) is 5.75 Å². The molecular weight excluding hydrogens is 222 g/mol. The van der Waals surface area contributed by atoms with Crippen LogP contribution in [0, 0.1) is 0 Å². The van der Waals surface area contributed by atoms with E-state index >= 15 is 0 Å².